The van der Waals surface area contributed by atoms with Crippen molar-refractivity contribution in [3.63, 3.8) is 0 Å². The summed E-state index contributed by atoms with van der Waals surface area (Å²) in [5.74, 6) is 1.20. The second-order valence-corrected chi connectivity index (χ2v) is 5.05. The van der Waals surface area contributed by atoms with Gasteiger partial charge in [0.15, 0.2) is 0 Å². The van der Waals surface area contributed by atoms with Gasteiger partial charge in [0.1, 0.15) is 12.2 Å². The van der Waals surface area contributed by atoms with Gasteiger partial charge in [-0.3, -0.25) is 4.98 Å². The van der Waals surface area contributed by atoms with Crippen LogP contribution >= 0.6 is 0 Å². The molecule has 0 atom stereocenters. The van der Waals surface area contributed by atoms with Crippen LogP contribution in [0.3, 0.4) is 0 Å². The lowest BCUT2D eigenvalue weighted by atomic mass is 10.2. The standard InChI is InChI=1S/C18H21N5O/c1-14-6-7-16(12-22-14)11-19-13-23-15(2)20-10-8-17-5-4-9-21-18(17)24-3/h4-7,9,11-13,20H,2,8,10H2,1,3H3/b19-11+,23-13-. The summed E-state index contributed by atoms with van der Waals surface area (Å²) in [6.45, 7) is 6.47. The van der Waals surface area contributed by atoms with Crippen LogP contribution in [0.4, 0.5) is 0 Å². The fraction of sp³-hybridized carbons (Fsp3) is 0.222. The first-order valence-electron chi connectivity index (χ1n) is 7.58. The van der Waals surface area contributed by atoms with Gasteiger partial charge in [-0.25, -0.2) is 15.0 Å². The van der Waals surface area contributed by atoms with Crippen molar-refractivity contribution in [2.75, 3.05) is 13.7 Å². The van der Waals surface area contributed by atoms with Gasteiger partial charge in [-0.2, -0.15) is 0 Å². The third-order valence-corrected chi connectivity index (χ3v) is 3.20. The van der Waals surface area contributed by atoms with Crippen LogP contribution in [0.15, 0.2) is 59.0 Å². The molecule has 0 aliphatic heterocycles. The number of nitrogens with one attached hydrogen (secondary N) is 1. The van der Waals surface area contributed by atoms with E-state index in [1.165, 1.54) is 6.34 Å². The molecule has 0 aromatic carbocycles. The Morgan fingerprint density at radius 3 is 2.96 bits per heavy atom. The summed E-state index contributed by atoms with van der Waals surface area (Å²) in [4.78, 5) is 16.6. The van der Waals surface area contributed by atoms with Crippen molar-refractivity contribution in [3.8, 4) is 5.88 Å². The van der Waals surface area contributed by atoms with Crippen LogP contribution in [-0.2, 0) is 6.42 Å². The average molecular weight is 323 g/mol. The molecule has 2 aromatic rings. The largest absolute Gasteiger partial charge is 0.481 e. The Labute approximate surface area is 142 Å². The number of hydrogen-bond acceptors (Lipinski definition) is 5. The number of aromatic nitrogens is 2. The van der Waals surface area contributed by atoms with Crippen LogP contribution < -0.4 is 10.1 Å². The van der Waals surface area contributed by atoms with Gasteiger partial charge >= 0.3 is 0 Å². The third-order valence-electron chi connectivity index (χ3n) is 3.20. The van der Waals surface area contributed by atoms with E-state index >= 15 is 0 Å². The summed E-state index contributed by atoms with van der Waals surface area (Å²) in [6.07, 6.45) is 7.40. The summed E-state index contributed by atoms with van der Waals surface area (Å²) in [7, 11) is 1.62. The third kappa shape index (κ3) is 5.64. The molecule has 1 N–H and O–H groups in total. The second-order valence-electron chi connectivity index (χ2n) is 5.05. The molecule has 0 aliphatic rings. The van der Waals surface area contributed by atoms with Crippen molar-refractivity contribution >= 4 is 12.6 Å². The van der Waals surface area contributed by atoms with E-state index in [4.69, 9.17) is 4.74 Å². The van der Waals surface area contributed by atoms with E-state index in [9.17, 15) is 0 Å². The van der Waals surface area contributed by atoms with Crippen molar-refractivity contribution < 1.29 is 4.74 Å². The second kappa shape index (κ2) is 9.19. The molecule has 0 spiro atoms. The minimum absolute atomic E-state index is 0.553. The Morgan fingerprint density at radius 1 is 1.33 bits per heavy atom. The highest BCUT2D eigenvalue weighted by atomic mass is 16.5. The van der Waals surface area contributed by atoms with Crippen LogP contribution in [-0.4, -0.2) is 36.2 Å². The zero-order chi connectivity index (χ0) is 17.2. The van der Waals surface area contributed by atoms with Gasteiger partial charge in [0.05, 0.1) is 7.11 Å². The maximum atomic E-state index is 5.22. The molecule has 124 valence electrons. The SMILES string of the molecule is C=C(/N=C\N=C\c1ccc(C)nc1)NCCc1cccnc1OC. The number of rotatable bonds is 8. The lowest BCUT2D eigenvalue weighted by Crippen LogP contribution is -2.15. The van der Waals surface area contributed by atoms with Crippen molar-refractivity contribution in [1.29, 1.82) is 0 Å². The summed E-state index contributed by atoms with van der Waals surface area (Å²) in [6, 6.07) is 7.76. The zero-order valence-electron chi connectivity index (χ0n) is 13.9. The van der Waals surface area contributed by atoms with E-state index in [2.05, 4.69) is 31.8 Å². The van der Waals surface area contributed by atoms with E-state index < -0.39 is 0 Å². The molecule has 0 aliphatic carbocycles. The maximum Gasteiger partial charge on any atom is 0.216 e. The van der Waals surface area contributed by atoms with E-state index in [1.54, 1.807) is 25.7 Å². The molecule has 2 rings (SSSR count). The number of hydrogen-bond donors (Lipinski definition) is 1. The highest BCUT2D eigenvalue weighted by molar-refractivity contribution is 5.85. The zero-order valence-corrected chi connectivity index (χ0v) is 13.9. The van der Waals surface area contributed by atoms with Crippen LogP contribution in [0, 0.1) is 6.92 Å². The van der Waals surface area contributed by atoms with Gasteiger partial charge in [-0.1, -0.05) is 18.7 Å². The van der Waals surface area contributed by atoms with E-state index in [0.29, 0.717) is 18.2 Å². The molecule has 0 saturated carbocycles. The fourth-order valence-electron chi connectivity index (χ4n) is 1.96. The molecule has 0 saturated heterocycles. The van der Waals surface area contributed by atoms with Crippen LogP contribution in [0.1, 0.15) is 16.8 Å². The molecular formula is C18H21N5O. The highest BCUT2D eigenvalue weighted by Crippen LogP contribution is 2.13. The molecule has 0 bridgehead atoms. The normalized spacial score (nSPS) is 11.1. The van der Waals surface area contributed by atoms with Crippen LogP contribution in [0.25, 0.3) is 0 Å². The van der Waals surface area contributed by atoms with Crippen molar-refractivity contribution in [3.05, 3.63) is 65.9 Å². The summed E-state index contributed by atoms with van der Waals surface area (Å²) in [5, 5.41) is 3.13. The Morgan fingerprint density at radius 2 is 2.21 bits per heavy atom. The van der Waals surface area contributed by atoms with Crippen molar-refractivity contribution in [1.82, 2.24) is 15.3 Å². The van der Waals surface area contributed by atoms with E-state index in [1.807, 2.05) is 31.2 Å². The smallest absolute Gasteiger partial charge is 0.216 e. The number of ether oxygens (including phenoxy) is 1. The number of aliphatic imine (C=N–C) groups is 2. The Kier molecular flexibility index (Phi) is 6.64. The molecule has 6 nitrogen and oxygen atoms in total. The fourth-order valence-corrected chi connectivity index (χ4v) is 1.96. The molecule has 24 heavy (non-hydrogen) atoms. The molecule has 0 amide bonds. The van der Waals surface area contributed by atoms with Gasteiger partial charge in [-0.05, 0) is 25.5 Å². The van der Waals surface area contributed by atoms with Crippen molar-refractivity contribution in [2.24, 2.45) is 9.98 Å². The predicted molar refractivity (Wildman–Crippen MR) is 96.7 cm³/mol. The monoisotopic (exact) mass is 323 g/mol. The molecular weight excluding hydrogens is 302 g/mol. The lowest BCUT2D eigenvalue weighted by Gasteiger charge is -2.08. The van der Waals surface area contributed by atoms with Crippen molar-refractivity contribution in [2.45, 2.75) is 13.3 Å². The predicted octanol–water partition coefficient (Wildman–Crippen LogP) is 2.54. The minimum atomic E-state index is 0.553. The summed E-state index contributed by atoms with van der Waals surface area (Å²) in [5.41, 5.74) is 2.94. The van der Waals surface area contributed by atoms with Gasteiger partial charge < -0.3 is 10.1 Å². The Hall–Kier alpha value is -3.02. The lowest BCUT2D eigenvalue weighted by molar-refractivity contribution is 0.392. The van der Waals surface area contributed by atoms with E-state index in [-0.39, 0.29) is 0 Å². The Bertz CT molecular complexity index is 722. The molecule has 0 radical (unpaired) electrons. The number of aryl methyl sites for hydroxylation is 1. The Balaban J connectivity index is 1.75. The molecule has 2 aromatic heterocycles. The molecule has 6 heteroatoms. The summed E-state index contributed by atoms with van der Waals surface area (Å²) < 4.78 is 5.22. The molecule has 0 fully saturated rings. The number of methoxy groups -OCH3 is 1. The maximum absolute atomic E-state index is 5.22. The first-order chi connectivity index (χ1) is 11.7. The van der Waals surface area contributed by atoms with Gasteiger partial charge in [0.2, 0.25) is 5.88 Å². The number of nitrogens with zero attached hydrogens (tertiary/aromatic N) is 4. The van der Waals surface area contributed by atoms with Gasteiger partial charge in [-0.15, -0.1) is 0 Å². The minimum Gasteiger partial charge on any atom is -0.481 e. The summed E-state index contributed by atoms with van der Waals surface area (Å²) >= 11 is 0. The quantitative estimate of drug-likeness (QED) is 0.598. The van der Waals surface area contributed by atoms with Crippen LogP contribution in [0.5, 0.6) is 5.88 Å². The highest BCUT2D eigenvalue weighted by Gasteiger charge is 2.02. The van der Waals surface area contributed by atoms with Gasteiger partial charge in [0, 0.05) is 42.0 Å². The first-order valence-corrected chi connectivity index (χ1v) is 7.58. The van der Waals surface area contributed by atoms with Gasteiger partial charge in [0.25, 0.3) is 0 Å². The molecule has 0 unspecified atom stereocenters. The van der Waals surface area contributed by atoms with E-state index in [0.717, 1.165) is 23.2 Å². The molecule has 2 heterocycles. The number of pyridine rings is 2. The first kappa shape index (κ1) is 17.3. The average Bonchev–Trinajstić information content (AvgIpc) is 2.60. The van der Waals surface area contributed by atoms with Crippen LogP contribution in [0.2, 0.25) is 0 Å². The topological polar surface area (TPSA) is 71.8 Å².